The lowest BCUT2D eigenvalue weighted by Gasteiger charge is -2.07. The molecule has 1 aromatic heterocycles. The number of halogens is 1. The molecule has 0 bridgehead atoms. The van der Waals surface area contributed by atoms with Crippen LogP contribution in [-0.4, -0.2) is 16.1 Å². The van der Waals surface area contributed by atoms with Gasteiger partial charge in [-0.3, -0.25) is 4.79 Å². The second-order valence-electron chi connectivity index (χ2n) is 4.87. The molecule has 1 atom stereocenters. The molecule has 2 aromatic rings. The molecule has 0 spiro atoms. The van der Waals surface area contributed by atoms with E-state index in [9.17, 15) is 4.79 Å². The predicted molar refractivity (Wildman–Crippen MR) is 80.3 cm³/mol. The molecule has 3 rings (SSSR count). The number of thiazole rings is 1. The zero-order chi connectivity index (χ0) is 14.3. The zero-order valence-corrected chi connectivity index (χ0v) is 12.4. The van der Waals surface area contributed by atoms with Crippen LogP contribution in [0.25, 0.3) is 0 Å². The number of hydrogen-bond donors (Lipinski definition) is 2. The van der Waals surface area contributed by atoms with Crippen LogP contribution < -0.4 is 5.32 Å². The van der Waals surface area contributed by atoms with Crippen molar-refractivity contribution in [2.75, 3.05) is 5.32 Å². The number of fused-ring (bicyclic) bond motifs is 1. The number of carbonyl (C=O) groups is 1. The lowest BCUT2D eigenvalue weighted by molar-refractivity contribution is -0.138. The number of anilines is 2. The fraction of sp³-hybridized carbons (Fsp3) is 0.286. The number of nitrogens with one attached hydrogen (secondary N) is 1. The van der Waals surface area contributed by atoms with E-state index in [2.05, 4.69) is 10.3 Å². The van der Waals surface area contributed by atoms with E-state index in [0.29, 0.717) is 22.3 Å². The predicted octanol–water partition coefficient (Wildman–Crippen LogP) is 3.96. The molecule has 104 valence electrons. The average molecular weight is 309 g/mol. The molecule has 1 unspecified atom stereocenters. The summed E-state index contributed by atoms with van der Waals surface area (Å²) in [6, 6.07) is 5.72. The summed E-state index contributed by atoms with van der Waals surface area (Å²) in [6.45, 7) is 1.99. The zero-order valence-electron chi connectivity index (χ0n) is 10.8. The summed E-state index contributed by atoms with van der Waals surface area (Å²) < 4.78 is 0. The highest BCUT2D eigenvalue weighted by Gasteiger charge is 2.32. The normalized spacial score (nSPS) is 17.0. The molecule has 0 fully saturated rings. The molecule has 0 saturated heterocycles. The van der Waals surface area contributed by atoms with E-state index >= 15 is 0 Å². The molecule has 0 amide bonds. The van der Waals surface area contributed by atoms with Gasteiger partial charge >= 0.3 is 5.97 Å². The van der Waals surface area contributed by atoms with Crippen LogP contribution in [0.1, 0.15) is 28.5 Å². The van der Waals surface area contributed by atoms with Crippen molar-refractivity contribution in [2.24, 2.45) is 0 Å². The third-order valence-electron chi connectivity index (χ3n) is 3.38. The van der Waals surface area contributed by atoms with Gasteiger partial charge in [0.05, 0.1) is 16.4 Å². The van der Waals surface area contributed by atoms with Crippen LogP contribution in [0.15, 0.2) is 18.2 Å². The van der Waals surface area contributed by atoms with Gasteiger partial charge < -0.3 is 10.4 Å². The minimum atomic E-state index is -0.797. The highest BCUT2D eigenvalue weighted by Crippen LogP contribution is 2.39. The van der Waals surface area contributed by atoms with Gasteiger partial charge in [0.1, 0.15) is 5.92 Å². The summed E-state index contributed by atoms with van der Waals surface area (Å²) in [6.07, 6.45) is 1.43. The second-order valence-corrected chi connectivity index (χ2v) is 6.36. The van der Waals surface area contributed by atoms with Gasteiger partial charge in [-0.15, -0.1) is 11.3 Å². The van der Waals surface area contributed by atoms with Crippen LogP contribution in [-0.2, 0) is 11.2 Å². The van der Waals surface area contributed by atoms with E-state index in [1.807, 2.05) is 25.1 Å². The van der Waals surface area contributed by atoms with Crippen LogP contribution >= 0.6 is 22.9 Å². The number of aliphatic carboxylic acids is 1. The fourth-order valence-electron chi connectivity index (χ4n) is 2.37. The van der Waals surface area contributed by atoms with E-state index in [1.165, 1.54) is 11.3 Å². The van der Waals surface area contributed by atoms with Gasteiger partial charge in [0.15, 0.2) is 5.13 Å². The smallest absolute Gasteiger partial charge is 0.312 e. The molecule has 1 aliphatic carbocycles. The molecule has 0 aliphatic heterocycles. The molecule has 0 radical (unpaired) electrons. The fourth-order valence-corrected chi connectivity index (χ4v) is 3.59. The minimum absolute atomic E-state index is 0.468. The van der Waals surface area contributed by atoms with Crippen molar-refractivity contribution in [1.82, 2.24) is 4.98 Å². The largest absolute Gasteiger partial charge is 0.481 e. The van der Waals surface area contributed by atoms with Gasteiger partial charge in [-0.1, -0.05) is 17.7 Å². The summed E-state index contributed by atoms with van der Waals surface area (Å²) in [7, 11) is 0. The molecule has 0 saturated carbocycles. The summed E-state index contributed by atoms with van der Waals surface area (Å²) >= 11 is 7.65. The molecular weight excluding hydrogens is 296 g/mol. The topological polar surface area (TPSA) is 62.2 Å². The Hall–Kier alpha value is -1.59. The molecule has 1 heterocycles. The quantitative estimate of drug-likeness (QED) is 0.901. The van der Waals surface area contributed by atoms with Gasteiger partial charge in [-0.05, 0) is 37.5 Å². The van der Waals surface area contributed by atoms with E-state index in [1.54, 1.807) is 0 Å². The summed E-state index contributed by atoms with van der Waals surface area (Å²) in [4.78, 5) is 16.6. The van der Waals surface area contributed by atoms with Crippen LogP contribution in [0.4, 0.5) is 10.8 Å². The van der Waals surface area contributed by atoms with Crippen molar-refractivity contribution < 1.29 is 9.90 Å². The Labute approximate surface area is 125 Å². The summed E-state index contributed by atoms with van der Waals surface area (Å²) in [5.74, 6) is -1.26. The maximum atomic E-state index is 11.2. The number of hydrogen-bond acceptors (Lipinski definition) is 4. The second kappa shape index (κ2) is 5.07. The standard InChI is InChI=1S/C14H13ClN2O2S/c1-7-2-4-9(15)10(6-7)16-14-17-12-8(13(18)19)3-5-11(12)20-14/h2,4,6,8H,3,5H2,1H3,(H,16,17)(H,18,19). The molecule has 4 nitrogen and oxygen atoms in total. The van der Waals surface area contributed by atoms with Crippen LogP contribution in [0.5, 0.6) is 0 Å². The molecule has 1 aliphatic rings. The van der Waals surface area contributed by atoms with Crippen molar-refractivity contribution in [2.45, 2.75) is 25.7 Å². The average Bonchev–Trinajstić information content (AvgIpc) is 2.92. The van der Waals surface area contributed by atoms with Crippen molar-refractivity contribution >= 4 is 39.7 Å². The van der Waals surface area contributed by atoms with E-state index < -0.39 is 11.9 Å². The molecule has 1 aromatic carbocycles. The van der Waals surface area contributed by atoms with E-state index in [-0.39, 0.29) is 0 Å². The number of carboxylic acid groups (broad SMARTS) is 1. The highest BCUT2D eigenvalue weighted by molar-refractivity contribution is 7.15. The van der Waals surface area contributed by atoms with E-state index in [0.717, 1.165) is 22.5 Å². The number of carboxylic acids is 1. The van der Waals surface area contributed by atoms with Gasteiger partial charge in [-0.2, -0.15) is 0 Å². The van der Waals surface area contributed by atoms with Crippen molar-refractivity contribution in [1.29, 1.82) is 0 Å². The van der Waals surface area contributed by atoms with Gasteiger partial charge in [0.2, 0.25) is 0 Å². The summed E-state index contributed by atoms with van der Waals surface area (Å²) in [5, 5.41) is 13.7. The van der Waals surface area contributed by atoms with Gasteiger partial charge in [0.25, 0.3) is 0 Å². The van der Waals surface area contributed by atoms with Gasteiger partial charge in [-0.25, -0.2) is 4.98 Å². The Morgan fingerprint density at radius 3 is 3.10 bits per heavy atom. The molecule has 20 heavy (non-hydrogen) atoms. The first-order valence-corrected chi connectivity index (χ1v) is 7.49. The molecule has 2 N–H and O–H groups in total. The van der Waals surface area contributed by atoms with Crippen LogP contribution in [0, 0.1) is 6.92 Å². The number of rotatable bonds is 3. The molecular formula is C14H13ClN2O2S. The first kappa shape index (κ1) is 13.4. The van der Waals surface area contributed by atoms with Crippen LogP contribution in [0.2, 0.25) is 5.02 Å². The maximum Gasteiger partial charge on any atom is 0.312 e. The van der Waals surface area contributed by atoms with Crippen molar-refractivity contribution in [3.8, 4) is 0 Å². The van der Waals surface area contributed by atoms with Crippen LogP contribution in [0.3, 0.4) is 0 Å². The summed E-state index contributed by atoms with van der Waals surface area (Å²) in [5.41, 5.74) is 2.60. The first-order valence-electron chi connectivity index (χ1n) is 6.30. The highest BCUT2D eigenvalue weighted by atomic mass is 35.5. The Balaban J connectivity index is 1.88. The van der Waals surface area contributed by atoms with Gasteiger partial charge in [0, 0.05) is 4.88 Å². The molecule has 6 heteroatoms. The number of benzene rings is 1. The maximum absolute atomic E-state index is 11.2. The lowest BCUT2D eigenvalue weighted by Crippen LogP contribution is -2.08. The SMILES string of the molecule is Cc1ccc(Cl)c(Nc2nc3c(s2)CCC3C(=O)O)c1. The number of aromatic nitrogens is 1. The third-order valence-corrected chi connectivity index (χ3v) is 4.76. The minimum Gasteiger partial charge on any atom is -0.481 e. The monoisotopic (exact) mass is 308 g/mol. The Bertz CT molecular complexity index is 684. The Kier molecular flexibility index (Phi) is 3.40. The third kappa shape index (κ3) is 2.39. The lowest BCUT2D eigenvalue weighted by atomic mass is 10.1. The Morgan fingerprint density at radius 1 is 1.55 bits per heavy atom. The first-order chi connectivity index (χ1) is 9.54. The number of aryl methyl sites for hydroxylation is 2. The van der Waals surface area contributed by atoms with E-state index in [4.69, 9.17) is 16.7 Å². The van der Waals surface area contributed by atoms with Crippen molar-refractivity contribution in [3.05, 3.63) is 39.4 Å². The van der Waals surface area contributed by atoms with Crippen molar-refractivity contribution in [3.63, 3.8) is 0 Å². The Morgan fingerprint density at radius 2 is 2.35 bits per heavy atom. The number of nitrogens with zero attached hydrogens (tertiary/aromatic N) is 1.